The van der Waals surface area contributed by atoms with E-state index >= 15 is 0 Å². The summed E-state index contributed by atoms with van der Waals surface area (Å²) in [4.78, 5) is 8.95. The largest absolute Gasteiger partial charge is 0.493 e. The van der Waals surface area contributed by atoms with Gasteiger partial charge in [-0.3, -0.25) is 4.99 Å². The van der Waals surface area contributed by atoms with Crippen LogP contribution < -0.4 is 20.1 Å². The van der Waals surface area contributed by atoms with Gasteiger partial charge in [0.1, 0.15) is 0 Å². The third-order valence-corrected chi connectivity index (χ3v) is 5.08. The summed E-state index contributed by atoms with van der Waals surface area (Å²) in [5.41, 5.74) is 2.18. The van der Waals surface area contributed by atoms with Crippen LogP contribution in [0.3, 0.4) is 0 Å². The quantitative estimate of drug-likeness (QED) is 0.598. The zero-order chi connectivity index (χ0) is 19.2. The lowest BCUT2D eigenvalue weighted by atomic mass is 9.98. The lowest BCUT2D eigenvalue weighted by Gasteiger charge is -2.14. The smallest absolute Gasteiger partial charge is 0.191 e. The summed E-state index contributed by atoms with van der Waals surface area (Å²) in [7, 11) is 5.02. The van der Waals surface area contributed by atoms with E-state index in [0.717, 1.165) is 28.0 Å². The molecule has 26 heavy (non-hydrogen) atoms. The third-order valence-electron chi connectivity index (χ3n) is 3.76. The first-order valence-corrected chi connectivity index (χ1v) is 9.35. The van der Waals surface area contributed by atoms with Gasteiger partial charge in [0.05, 0.1) is 31.5 Å². The number of nitrogens with zero attached hydrogens (tertiary/aromatic N) is 2. The number of hydrogen-bond acceptors (Lipinski definition) is 5. The summed E-state index contributed by atoms with van der Waals surface area (Å²) in [5.74, 6) is 2.16. The van der Waals surface area contributed by atoms with Crippen molar-refractivity contribution in [1.82, 2.24) is 15.6 Å². The van der Waals surface area contributed by atoms with Crippen molar-refractivity contribution in [2.45, 2.75) is 39.3 Å². The van der Waals surface area contributed by atoms with E-state index in [4.69, 9.17) is 14.5 Å². The fraction of sp³-hybridized carbons (Fsp3) is 0.474. The molecule has 0 spiro atoms. The van der Waals surface area contributed by atoms with Crippen LogP contribution in [0.1, 0.15) is 37.0 Å². The molecule has 7 heteroatoms. The molecule has 0 unspecified atom stereocenters. The SMILES string of the molecule is CN=C(NCc1ccc(OC)c(OC)c1)NCc1csc(C(C)(C)C)n1. The zero-order valence-corrected chi connectivity index (χ0v) is 17.2. The average Bonchev–Trinajstić information content (AvgIpc) is 3.11. The predicted octanol–water partition coefficient (Wildman–Crippen LogP) is 3.32. The molecular weight excluding hydrogens is 348 g/mol. The highest BCUT2D eigenvalue weighted by Gasteiger charge is 2.17. The Hall–Kier alpha value is -2.28. The van der Waals surface area contributed by atoms with Crippen LogP contribution in [0.15, 0.2) is 28.6 Å². The first-order chi connectivity index (χ1) is 12.4. The third kappa shape index (κ3) is 5.36. The van der Waals surface area contributed by atoms with Crippen LogP contribution in [0.25, 0.3) is 0 Å². The summed E-state index contributed by atoms with van der Waals surface area (Å²) in [5, 5.41) is 9.83. The molecule has 142 valence electrons. The van der Waals surface area contributed by atoms with E-state index in [1.165, 1.54) is 0 Å². The van der Waals surface area contributed by atoms with Crippen LogP contribution in [0, 0.1) is 0 Å². The number of guanidine groups is 1. The molecule has 2 aromatic rings. The number of aromatic nitrogens is 1. The van der Waals surface area contributed by atoms with Crippen LogP contribution in [-0.2, 0) is 18.5 Å². The fourth-order valence-electron chi connectivity index (χ4n) is 2.30. The maximum atomic E-state index is 5.34. The van der Waals surface area contributed by atoms with Gasteiger partial charge < -0.3 is 20.1 Å². The van der Waals surface area contributed by atoms with Crippen LogP contribution in [0.5, 0.6) is 11.5 Å². The van der Waals surface area contributed by atoms with Gasteiger partial charge in [-0.2, -0.15) is 0 Å². The molecule has 2 rings (SSSR count). The van der Waals surface area contributed by atoms with Gasteiger partial charge in [-0.25, -0.2) is 4.98 Å². The number of methoxy groups -OCH3 is 2. The molecule has 0 amide bonds. The highest BCUT2D eigenvalue weighted by molar-refractivity contribution is 7.09. The van der Waals surface area contributed by atoms with Crippen LogP contribution in [0.4, 0.5) is 0 Å². The van der Waals surface area contributed by atoms with Crippen molar-refractivity contribution in [3.05, 3.63) is 39.8 Å². The molecule has 0 aliphatic rings. The Labute approximate surface area is 159 Å². The Morgan fingerprint density at radius 1 is 1.12 bits per heavy atom. The second kappa shape index (κ2) is 8.89. The molecule has 0 radical (unpaired) electrons. The molecule has 1 aromatic heterocycles. The molecule has 0 atom stereocenters. The zero-order valence-electron chi connectivity index (χ0n) is 16.3. The maximum Gasteiger partial charge on any atom is 0.191 e. The molecule has 0 saturated carbocycles. The highest BCUT2D eigenvalue weighted by atomic mass is 32.1. The topological polar surface area (TPSA) is 67.8 Å². The van der Waals surface area contributed by atoms with E-state index in [1.807, 2.05) is 18.2 Å². The standard InChI is InChI=1S/C19H28N4O2S/c1-19(2,3)17-23-14(12-26-17)11-22-18(20-4)21-10-13-7-8-15(24-5)16(9-13)25-6/h7-9,12H,10-11H2,1-6H3,(H2,20,21,22). The molecule has 0 saturated heterocycles. The lowest BCUT2D eigenvalue weighted by molar-refractivity contribution is 0.354. The van der Waals surface area contributed by atoms with Crippen molar-refractivity contribution >= 4 is 17.3 Å². The van der Waals surface area contributed by atoms with Crippen LogP contribution >= 0.6 is 11.3 Å². The van der Waals surface area contributed by atoms with Gasteiger partial charge in [-0.05, 0) is 17.7 Å². The normalized spacial score (nSPS) is 12.0. The van der Waals surface area contributed by atoms with Gasteiger partial charge in [-0.1, -0.05) is 26.8 Å². The number of ether oxygens (including phenoxy) is 2. The minimum absolute atomic E-state index is 0.0796. The summed E-state index contributed by atoms with van der Waals surface area (Å²) >= 11 is 1.70. The molecule has 1 aromatic carbocycles. The van der Waals surface area contributed by atoms with Crippen molar-refractivity contribution < 1.29 is 9.47 Å². The molecule has 0 aliphatic carbocycles. The van der Waals surface area contributed by atoms with Gasteiger partial charge in [0.15, 0.2) is 17.5 Å². The average molecular weight is 377 g/mol. The van der Waals surface area contributed by atoms with E-state index in [0.29, 0.717) is 18.8 Å². The number of benzene rings is 1. The van der Waals surface area contributed by atoms with E-state index in [-0.39, 0.29) is 5.41 Å². The van der Waals surface area contributed by atoms with E-state index in [9.17, 15) is 0 Å². The molecule has 0 bridgehead atoms. The van der Waals surface area contributed by atoms with Crippen molar-refractivity contribution in [3.63, 3.8) is 0 Å². The summed E-state index contributed by atoms with van der Waals surface area (Å²) in [6.07, 6.45) is 0. The van der Waals surface area contributed by atoms with Gasteiger partial charge in [0.2, 0.25) is 0 Å². The number of thiazole rings is 1. The van der Waals surface area contributed by atoms with E-state index in [1.54, 1.807) is 32.6 Å². The first kappa shape index (κ1) is 20.0. The minimum Gasteiger partial charge on any atom is -0.493 e. The number of hydrogen-bond donors (Lipinski definition) is 2. The number of nitrogens with one attached hydrogen (secondary N) is 2. The molecule has 1 heterocycles. The summed E-state index contributed by atoms with van der Waals surface area (Å²) in [6.45, 7) is 7.79. The molecule has 6 nitrogen and oxygen atoms in total. The number of rotatable bonds is 6. The Kier molecular flexibility index (Phi) is 6.85. The Morgan fingerprint density at radius 2 is 1.81 bits per heavy atom. The Bertz CT molecular complexity index is 750. The van der Waals surface area contributed by atoms with E-state index < -0.39 is 0 Å². The lowest BCUT2D eigenvalue weighted by Crippen LogP contribution is -2.36. The maximum absolute atomic E-state index is 5.34. The second-order valence-corrected chi connectivity index (χ2v) is 7.72. The van der Waals surface area contributed by atoms with Crippen molar-refractivity contribution in [2.75, 3.05) is 21.3 Å². The van der Waals surface area contributed by atoms with Crippen molar-refractivity contribution in [1.29, 1.82) is 0 Å². The summed E-state index contributed by atoms with van der Waals surface area (Å²) in [6, 6.07) is 5.85. The second-order valence-electron chi connectivity index (χ2n) is 6.86. The Morgan fingerprint density at radius 3 is 2.38 bits per heavy atom. The first-order valence-electron chi connectivity index (χ1n) is 8.47. The van der Waals surface area contributed by atoms with Crippen LogP contribution in [0.2, 0.25) is 0 Å². The molecular formula is C19H28N4O2S. The molecule has 0 fully saturated rings. The van der Waals surface area contributed by atoms with Gasteiger partial charge in [0, 0.05) is 24.4 Å². The number of aliphatic imine (C=N–C) groups is 1. The van der Waals surface area contributed by atoms with Gasteiger partial charge in [0.25, 0.3) is 0 Å². The van der Waals surface area contributed by atoms with Crippen molar-refractivity contribution in [3.8, 4) is 11.5 Å². The Balaban J connectivity index is 1.91. The molecule has 0 aliphatic heterocycles. The summed E-state index contributed by atoms with van der Waals surface area (Å²) < 4.78 is 10.6. The minimum atomic E-state index is 0.0796. The van der Waals surface area contributed by atoms with Crippen molar-refractivity contribution in [2.24, 2.45) is 4.99 Å². The van der Waals surface area contributed by atoms with Gasteiger partial charge >= 0.3 is 0 Å². The van der Waals surface area contributed by atoms with Crippen LogP contribution in [-0.4, -0.2) is 32.2 Å². The van der Waals surface area contributed by atoms with E-state index in [2.05, 4.69) is 41.8 Å². The molecule has 2 N–H and O–H groups in total. The highest BCUT2D eigenvalue weighted by Crippen LogP contribution is 2.27. The van der Waals surface area contributed by atoms with Gasteiger partial charge in [-0.15, -0.1) is 11.3 Å². The monoisotopic (exact) mass is 376 g/mol. The predicted molar refractivity (Wildman–Crippen MR) is 107 cm³/mol. The fourth-order valence-corrected chi connectivity index (χ4v) is 3.21.